The van der Waals surface area contributed by atoms with Gasteiger partial charge in [0.2, 0.25) is 0 Å². The summed E-state index contributed by atoms with van der Waals surface area (Å²) in [4.78, 5) is 17.4. The molecule has 1 aliphatic rings. The maximum Gasteiger partial charge on any atom is 0.185 e. The number of carbonyl (C=O) groups excluding carboxylic acids is 1. The SMILES string of the molecule is Cc1nc2c(n1C(C)C(=O)c1ccc(Cl)cc1)CCCC2. The zero-order valence-corrected chi connectivity index (χ0v) is 13.2. The predicted octanol–water partition coefficient (Wildman–Crippen LogP) is 4.17. The van der Waals surface area contributed by atoms with Crippen LogP contribution in [0.15, 0.2) is 24.3 Å². The molecule has 0 saturated carbocycles. The van der Waals surface area contributed by atoms with E-state index in [1.807, 2.05) is 13.8 Å². The number of rotatable bonds is 3. The van der Waals surface area contributed by atoms with Gasteiger partial charge in [0.1, 0.15) is 5.82 Å². The van der Waals surface area contributed by atoms with Crippen molar-refractivity contribution >= 4 is 17.4 Å². The fraction of sp³-hybridized carbons (Fsp3) is 0.412. The number of imidazole rings is 1. The van der Waals surface area contributed by atoms with Crippen LogP contribution in [-0.2, 0) is 12.8 Å². The first-order valence-electron chi connectivity index (χ1n) is 7.44. The number of fused-ring (bicyclic) bond motifs is 1. The lowest BCUT2D eigenvalue weighted by molar-refractivity contribution is 0.0932. The summed E-state index contributed by atoms with van der Waals surface area (Å²) in [5, 5.41) is 0.649. The summed E-state index contributed by atoms with van der Waals surface area (Å²) in [6, 6.07) is 6.88. The van der Waals surface area contributed by atoms with Gasteiger partial charge in [-0.1, -0.05) is 11.6 Å². The lowest BCUT2D eigenvalue weighted by Crippen LogP contribution is -2.21. The minimum Gasteiger partial charge on any atom is -0.321 e. The molecule has 0 amide bonds. The van der Waals surface area contributed by atoms with Crippen molar-refractivity contribution in [3.8, 4) is 0 Å². The van der Waals surface area contributed by atoms with E-state index in [-0.39, 0.29) is 11.8 Å². The van der Waals surface area contributed by atoms with Gasteiger partial charge < -0.3 is 4.57 Å². The average Bonchev–Trinajstić information content (AvgIpc) is 2.82. The Morgan fingerprint density at radius 1 is 1.24 bits per heavy atom. The van der Waals surface area contributed by atoms with Gasteiger partial charge in [-0.15, -0.1) is 0 Å². The van der Waals surface area contributed by atoms with E-state index in [0.29, 0.717) is 10.6 Å². The second kappa shape index (κ2) is 5.64. The van der Waals surface area contributed by atoms with Gasteiger partial charge in [0, 0.05) is 16.3 Å². The van der Waals surface area contributed by atoms with Crippen molar-refractivity contribution in [3.63, 3.8) is 0 Å². The number of halogens is 1. The Balaban J connectivity index is 1.95. The second-order valence-corrected chi connectivity index (χ2v) is 6.11. The third-order valence-corrected chi connectivity index (χ3v) is 4.49. The van der Waals surface area contributed by atoms with E-state index in [0.717, 1.165) is 18.7 Å². The first-order valence-corrected chi connectivity index (χ1v) is 7.82. The van der Waals surface area contributed by atoms with Gasteiger partial charge >= 0.3 is 0 Å². The fourth-order valence-electron chi connectivity index (χ4n) is 3.18. The minimum absolute atomic E-state index is 0.112. The van der Waals surface area contributed by atoms with Gasteiger partial charge in [0.25, 0.3) is 0 Å². The predicted molar refractivity (Wildman–Crippen MR) is 84.1 cm³/mol. The second-order valence-electron chi connectivity index (χ2n) is 5.68. The molecule has 0 radical (unpaired) electrons. The van der Waals surface area contributed by atoms with Crippen molar-refractivity contribution in [2.75, 3.05) is 0 Å². The van der Waals surface area contributed by atoms with E-state index in [1.54, 1.807) is 24.3 Å². The maximum absolute atomic E-state index is 12.7. The molecule has 1 aliphatic carbocycles. The zero-order chi connectivity index (χ0) is 15.0. The fourth-order valence-corrected chi connectivity index (χ4v) is 3.31. The highest BCUT2D eigenvalue weighted by atomic mass is 35.5. The summed E-state index contributed by atoms with van der Waals surface area (Å²) in [6.45, 7) is 3.95. The number of hydrogen-bond donors (Lipinski definition) is 0. The third-order valence-electron chi connectivity index (χ3n) is 4.24. The van der Waals surface area contributed by atoms with Crippen molar-refractivity contribution in [1.29, 1.82) is 0 Å². The van der Waals surface area contributed by atoms with Gasteiger partial charge in [-0.25, -0.2) is 4.98 Å². The Morgan fingerprint density at radius 3 is 2.62 bits per heavy atom. The van der Waals surface area contributed by atoms with E-state index in [2.05, 4.69) is 9.55 Å². The summed E-state index contributed by atoms with van der Waals surface area (Å²) in [7, 11) is 0. The molecule has 0 fully saturated rings. The molecule has 3 nitrogen and oxygen atoms in total. The van der Waals surface area contributed by atoms with Gasteiger partial charge in [-0.05, 0) is 63.8 Å². The average molecular weight is 303 g/mol. The quantitative estimate of drug-likeness (QED) is 0.798. The molecular weight excluding hydrogens is 284 g/mol. The zero-order valence-electron chi connectivity index (χ0n) is 12.4. The lowest BCUT2D eigenvalue weighted by atomic mass is 9.99. The van der Waals surface area contributed by atoms with E-state index < -0.39 is 0 Å². The van der Waals surface area contributed by atoms with Crippen molar-refractivity contribution in [2.24, 2.45) is 0 Å². The van der Waals surface area contributed by atoms with Crippen LogP contribution in [0.5, 0.6) is 0 Å². The Labute approximate surface area is 130 Å². The maximum atomic E-state index is 12.7. The van der Waals surface area contributed by atoms with Crippen molar-refractivity contribution in [3.05, 3.63) is 52.1 Å². The number of aryl methyl sites for hydroxylation is 2. The largest absolute Gasteiger partial charge is 0.321 e. The number of Topliss-reactive ketones (excluding diaryl/α,β-unsaturated/α-hetero) is 1. The van der Waals surface area contributed by atoms with Crippen molar-refractivity contribution in [1.82, 2.24) is 9.55 Å². The van der Waals surface area contributed by atoms with Crippen LogP contribution in [-0.4, -0.2) is 15.3 Å². The summed E-state index contributed by atoms with van der Waals surface area (Å²) in [5.74, 6) is 1.05. The van der Waals surface area contributed by atoms with Crippen LogP contribution in [0.1, 0.15) is 53.4 Å². The molecular formula is C17H19ClN2O. The molecule has 1 atom stereocenters. The van der Waals surface area contributed by atoms with Crippen LogP contribution in [0.3, 0.4) is 0 Å². The summed E-state index contributed by atoms with van der Waals surface area (Å²) in [5.41, 5.74) is 3.12. The molecule has 4 heteroatoms. The van der Waals surface area contributed by atoms with E-state index >= 15 is 0 Å². The van der Waals surface area contributed by atoms with Gasteiger partial charge in [-0.2, -0.15) is 0 Å². The van der Waals surface area contributed by atoms with Crippen molar-refractivity contribution < 1.29 is 4.79 Å². The van der Waals surface area contributed by atoms with Crippen molar-refractivity contribution in [2.45, 2.75) is 45.6 Å². The topological polar surface area (TPSA) is 34.9 Å². The number of benzene rings is 1. The van der Waals surface area contributed by atoms with Crippen LogP contribution >= 0.6 is 11.6 Å². The molecule has 1 unspecified atom stereocenters. The molecule has 0 saturated heterocycles. The monoisotopic (exact) mass is 302 g/mol. The van der Waals surface area contributed by atoms with E-state index in [4.69, 9.17) is 11.6 Å². The standard InChI is InChI=1S/C17H19ClN2O/c1-11(17(21)13-7-9-14(18)10-8-13)20-12(2)19-15-5-3-4-6-16(15)20/h7-11H,3-6H2,1-2H3. The molecule has 0 aliphatic heterocycles. The molecule has 1 heterocycles. The summed E-state index contributed by atoms with van der Waals surface area (Å²) < 4.78 is 2.12. The van der Waals surface area contributed by atoms with Gasteiger partial charge in [0.15, 0.2) is 5.78 Å². The molecule has 110 valence electrons. The van der Waals surface area contributed by atoms with Crippen LogP contribution in [0, 0.1) is 6.92 Å². The normalized spacial score (nSPS) is 15.6. The van der Waals surface area contributed by atoms with Crippen LogP contribution in [0.4, 0.5) is 0 Å². The van der Waals surface area contributed by atoms with E-state index in [9.17, 15) is 4.79 Å². The molecule has 1 aromatic carbocycles. The third kappa shape index (κ3) is 2.62. The number of aromatic nitrogens is 2. The van der Waals surface area contributed by atoms with Gasteiger partial charge in [-0.3, -0.25) is 4.79 Å². The molecule has 3 rings (SSSR count). The first kappa shape index (κ1) is 14.3. The Bertz CT molecular complexity index is 673. The molecule has 0 bridgehead atoms. The molecule has 0 N–H and O–H groups in total. The molecule has 21 heavy (non-hydrogen) atoms. The highest BCUT2D eigenvalue weighted by molar-refractivity contribution is 6.30. The Hall–Kier alpha value is -1.61. The molecule has 2 aromatic rings. The van der Waals surface area contributed by atoms with Crippen LogP contribution < -0.4 is 0 Å². The number of hydrogen-bond acceptors (Lipinski definition) is 2. The number of carbonyl (C=O) groups is 1. The van der Waals surface area contributed by atoms with Crippen LogP contribution in [0.25, 0.3) is 0 Å². The Morgan fingerprint density at radius 2 is 1.90 bits per heavy atom. The number of ketones is 1. The van der Waals surface area contributed by atoms with Gasteiger partial charge in [0.05, 0.1) is 11.7 Å². The number of nitrogens with zero attached hydrogens (tertiary/aromatic N) is 2. The highest BCUT2D eigenvalue weighted by Crippen LogP contribution is 2.27. The minimum atomic E-state index is -0.222. The summed E-state index contributed by atoms with van der Waals surface area (Å²) >= 11 is 5.89. The Kier molecular flexibility index (Phi) is 3.85. The van der Waals surface area contributed by atoms with E-state index in [1.165, 1.54) is 24.2 Å². The first-order chi connectivity index (χ1) is 10.1. The smallest absolute Gasteiger partial charge is 0.185 e. The van der Waals surface area contributed by atoms with Crippen LogP contribution in [0.2, 0.25) is 5.02 Å². The molecule has 0 spiro atoms. The summed E-state index contributed by atoms with van der Waals surface area (Å²) in [6.07, 6.45) is 4.43. The lowest BCUT2D eigenvalue weighted by Gasteiger charge is -2.20. The molecule has 1 aromatic heterocycles. The highest BCUT2D eigenvalue weighted by Gasteiger charge is 2.25.